The van der Waals surface area contributed by atoms with E-state index in [-0.39, 0.29) is 11.8 Å². The highest BCUT2D eigenvalue weighted by atomic mass is 32.1. The second-order valence-corrected chi connectivity index (χ2v) is 5.56. The highest BCUT2D eigenvalue weighted by molar-refractivity contribution is 7.15. The third-order valence-corrected chi connectivity index (χ3v) is 3.65. The minimum absolute atomic E-state index is 0.0542. The summed E-state index contributed by atoms with van der Waals surface area (Å²) in [4.78, 5) is 12.0. The van der Waals surface area contributed by atoms with E-state index in [1.54, 1.807) is 7.11 Å². The molecule has 2 aromatic rings. The minimum Gasteiger partial charge on any atom is -0.377 e. The van der Waals surface area contributed by atoms with Gasteiger partial charge in [-0.2, -0.15) is 0 Å². The standard InChI is InChI=1S/C14H17N3O2S/c1-10(11-6-4-3-5-7-11)8-12(18)15-14-17-16-13(20-14)9-19-2/h3-7,10H,8-9H2,1-2H3,(H,15,17,18)/t10-/m0/s1. The van der Waals surface area contributed by atoms with Gasteiger partial charge >= 0.3 is 0 Å². The summed E-state index contributed by atoms with van der Waals surface area (Å²) in [6.07, 6.45) is 0.420. The van der Waals surface area contributed by atoms with Crippen LogP contribution in [0.15, 0.2) is 30.3 Å². The molecule has 0 saturated carbocycles. The van der Waals surface area contributed by atoms with Gasteiger partial charge in [0.2, 0.25) is 11.0 Å². The number of ether oxygens (including phenoxy) is 1. The van der Waals surface area contributed by atoms with E-state index in [0.29, 0.717) is 18.2 Å². The van der Waals surface area contributed by atoms with E-state index in [4.69, 9.17) is 4.74 Å². The Morgan fingerprint density at radius 2 is 2.10 bits per heavy atom. The Morgan fingerprint density at radius 1 is 1.35 bits per heavy atom. The SMILES string of the molecule is COCc1nnc(NC(=O)C[C@H](C)c2ccccc2)s1. The molecule has 1 amide bonds. The summed E-state index contributed by atoms with van der Waals surface area (Å²) in [5.74, 6) is 0.115. The van der Waals surface area contributed by atoms with E-state index in [9.17, 15) is 4.79 Å². The van der Waals surface area contributed by atoms with E-state index in [0.717, 1.165) is 10.6 Å². The number of nitrogens with zero attached hydrogens (tertiary/aromatic N) is 2. The summed E-state index contributed by atoms with van der Waals surface area (Å²) in [5.41, 5.74) is 1.15. The van der Waals surface area contributed by atoms with Crippen molar-refractivity contribution in [3.8, 4) is 0 Å². The maximum absolute atomic E-state index is 12.0. The van der Waals surface area contributed by atoms with Crippen LogP contribution in [0.25, 0.3) is 0 Å². The Kier molecular flexibility index (Phi) is 5.20. The topological polar surface area (TPSA) is 64.1 Å². The van der Waals surface area contributed by atoms with Crippen LogP contribution in [0.2, 0.25) is 0 Å². The second-order valence-electron chi connectivity index (χ2n) is 4.50. The van der Waals surface area contributed by atoms with Crippen molar-refractivity contribution < 1.29 is 9.53 Å². The number of methoxy groups -OCH3 is 1. The van der Waals surface area contributed by atoms with Crippen molar-refractivity contribution in [1.82, 2.24) is 10.2 Å². The van der Waals surface area contributed by atoms with E-state index >= 15 is 0 Å². The molecule has 0 saturated heterocycles. The molecule has 0 aliphatic carbocycles. The lowest BCUT2D eigenvalue weighted by molar-refractivity contribution is -0.116. The van der Waals surface area contributed by atoms with E-state index < -0.39 is 0 Å². The molecular formula is C14H17N3O2S. The number of carbonyl (C=O) groups is 1. The van der Waals surface area contributed by atoms with Crippen LogP contribution in [0.3, 0.4) is 0 Å². The van der Waals surface area contributed by atoms with Gasteiger partial charge in [0.1, 0.15) is 11.6 Å². The van der Waals surface area contributed by atoms with Crippen LogP contribution < -0.4 is 5.32 Å². The zero-order chi connectivity index (χ0) is 14.4. The van der Waals surface area contributed by atoms with Gasteiger partial charge in [0.25, 0.3) is 0 Å². The first-order valence-electron chi connectivity index (χ1n) is 6.35. The molecule has 1 aromatic heterocycles. The molecule has 0 aliphatic heterocycles. The molecule has 0 spiro atoms. The second kappa shape index (κ2) is 7.12. The van der Waals surface area contributed by atoms with E-state index in [2.05, 4.69) is 15.5 Å². The summed E-state index contributed by atoms with van der Waals surface area (Å²) >= 11 is 1.33. The number of benzene rings is 1. The highest BCUT2D eigenvalue weighted by Gasteiger charge is 2.13. The fraction of sp³-hybridized carbons (Fsp3) is 0.357. The van der Waals surface area contributed by atoms with Gasteiger partial charge in [-0.15, -0.1) is 10.2 Å². The normalized spacial score (nSPS) is 12.1. The number of rotatable bonds is 6. The zero-order valence-corrected chi connectivity index (χ0v) is 12.3. The summed E-state index contributed by atoms with van der Waals surface area (Å²) < 4.78 is 4.96. The molecule has 6 heteroatoms. The molecule has 5 nitrogen and oxygen atoms in total. The van der Waals surface area contributed by atoms with Crippen LogP contribution in [0.1, 0.15) is 29.8 Å². The Balaban J connectivity index is 1.88. The monoisotopic (exact) mass is 291 g/mol. The lowest BCUT2D eigenvalue weighted by atomic mass is 9.98. The van der Waals surface area contributed by atoms with Crippen molar-refractivity contribution in [3.63, 3.8) is 0 Å². The van der Waals surface area contributed by atoms with Gasteiger partial charge in [0.05, 0.1) is 0 Å². The van der Waals surface area contributed by atoms with E-state index in [1.165, 1.54) is 11.3 Å². The maximum Gasteiger partial charge on any atom is 0.226 e. The largest absolute Gasteiger partial charge is 0.377 e. The van der Waals surface area contributed by atoms with Crippen LogP contribution in [0.5, 0.6) is 0 Å². The van der Waals surface area contributed by atoms with Crippen molar-refractivity contribution in [2.75, 3.05) is 12.4 Å². The summed E-state index contributed by atoms with van der Waals surface area (Å²) in [6, 6.07) is 9.98. The summed E-state index contributed by atoms with van der Waals surface area (Å²) in [5, 5.41) is 11.9. The Morgan fingerprint density at radius 3 is 2.80 bits per heavy atom. The van der Waals surface area contributed by atoms with Gasteiger partial charge in [0.15, 0.2) is 0 Å². The average molecular weight is 291 g/mol. The zero-order valence-electron chi connectivity index (χ0n) is 11.5. The fourth-order valence-electron chi connectivity index (χ4n) is 1.83. The average Bonchev–Trinajstić information content (AvgIpc) is 2.87. The van der Waals surface area contributed by atoms with Crippen molar-refractivity contribution in [2.45, 2.75) is 25.9 Å². The van der Waals surface area contributed by atoms with Crippen molar-refractivity contribution in [3.05, 3.63) is 40.9 Å². The molecule has 0 fully saturated rings. The first kappa shape index (κ1) is 14.6. The molecule has 1 N–H and O–H groups in total. The molecular weight excluding hydrogens is 274 g/mol. The van der Waals surface area contributed by atoms with Gasteiger partial charge in [-0.1, -0.05) is 48.6 Å². The first-order chi connectivity index (χ1) is 9.69. The lowest BCUT2D eigenvalue weighted by Crippen LogP contribution is -2.14. The number of hydrogen-bond donors (Lipinski definition) is 1. The number of aromatic nitrogens is 2. The highest BCUT2D eigenvalue weighted by Crippen LogP contribution is 2.20. The van der Waals surface area contributed by atoms with Crippen LogP contribution in [-0.4, -0.2) is 23.2 Å². The predicted octanol–water partition coefficient (Wildman–Crippen LogP) is 2.82. The van der Waals surface area contributed by atoms with Gasteiger partial charge in [-0.25, -0.2) is 0 Å². The molecule has 1 aromatic carbocycles. The predicted molar refractivity (Wildman–Crippen MR) is 78.7 cm³/mol. The molecule has 0 unspecified atom stereocenters. The molecule has 106 valence electrons. The molecule has 20 heavy (non-hydrogen) atoms. The number of hydrogen-bond acceptors (Lipinski definition) is 5. The van der Waals surface area contributed by atoms with Crippen LogP contribution in [0.4, 0.5) is 5.13 Å². The van der Waals surface area contributed by atoms with E-state index in [1.807, 2.05) is 37.3 Å². The van der Waals surface area contributed by atoms with Gasteiger partial charge in [-0.3, -0.25) is 4.79 Å². The molecule has 1 heterocycles. The van der Waals surface area contributed by atoms with Crippen molar-refractivity contribution in [2.24, 2.45) is 0 Å². The molecule has 0 bridgehead atoms. The molecule has 2 rings (SSSR count). The maximum atomic E-state index is 12.0. The molecule has 0 aliphatic rings. The smallest absolute Gasteiger partial charge is 0.226 e. The first-order valence-corrected chi connectivity index (χ1v) is 7.17. The third kappa shape index (κ3) is 4.11. The van der Waals surface area contributed by atoms with Crippen LogP contribution in [-0.2, 0) is 16.1 Å². The quantitative estimate of drug-likeness (QED) is 0.889. The van der Waals surface area contributed by atoms with Crippen LogP contribution >= 0.6 is 11.3 Å². The van der Waals surface area contributed by atoms with Gasteiger partial charge in [0, 0.05) is 13.5 Å². The Hall–Kier alpha value is -1.79. The van der Waals surface area contributed by atoms with Gasteiger partial charge < -0.3 is 10.1 Å². The van der Waals surface area contributed by atoms with Gasteiger partial charge in [-0.05, 0) is 11.5 Å². The summed E-state index contributed by atoms with van der Waals surface area (Å²) in [6.45, 7) is 2.44. The Bertz CT molecular complexity index is 557. The molecule has 0 radical (unpaired) electrons. The van der Waals surface area contributed by atoms with Crippen molar-refractivity contribution >= 4 is 22.4 Å². The third-order valence-electron chi connectivity index (χ3n) is 2.84. The minimum atomic E-state index is -0.0542. The molecule has 1 atom stereocenters. The number of nitrogens with one attached hydrogen (secondary N) is 1. The number of amides is 1. The summed E-state index contributed by atoms with van der Waals surface area (Å²) in [7, 11) is 1.60. The number of anilines is 1. The fourth-order valence-corrected chi connectivity index (χ4v) is 2.56. The lowest BCUT2D eigenvalue weighted by Gasteiger charge is -2.10. The Labute approximate surface area is 122 Å². The van der Waals surface area contributed by atoms with Crippen LogP contribution in [0, 0.1) is 0 Å². The van der Waals surface area contributed by atoms with Crippen molar-refractivity contribution in [1.29, 1.82) is 0 Å². The number of carbonyl (C=O) groups excluding carboxylic acids is 1.